The Morgan fingerprint density at radius 1 is 1.17 bits per heavy atom. The van der Waals surface area contributed by atoms with Gasteiger partial charge in [0.15, 0.2) is 0 Å². The molecule has 0 saturated carbocycles. The van der Waals surface area contributed by atoms with Crippen molar-refractivity contribution >= 4 is 10.1 Å². The molecule has 1 aliphatic rings. The molecule has 5 nitrogen and oxygen atoms in total. The molecule has 1 fully saturated rings. The second kappa shape index (κ2) is 6.29. The molecule has 0 bridgehead atoms. The summed E-state index contributed by atoms with van der Waals surface area (Å²) in [6, 6.07) is 8.19. The molecule has 6 heteroatoms. The first-order valence-corrected chi connectivity index (χ1v) is 7.34. The van der Waals surface area contributed by atoms with E-state index in [0.29, 0.717) is 19.8 Å². The Morgan fingerprint density at radius 2 is 1.83 bits per heavy atom. The van der Waals surface area contributed by atoms with E-state index in [1.165, 1.54) is 12.1 Å². The van der Waals surface area contributed by atoms with Crippen LogP contribution in [0, 0.1) is 0 Å². The molecule has 0 aliphatic carbocycles. The summed E-state index contributed by atoms with van der Waals surface area (Å²) in [4.78, 5) is 2.33. The van der Waals surface area contributed by atoms with Crippen molar-refractivity contribution in [3.05, 3.63) is 30.3 Å². The number of hydrogen-bond donors (Lipinski definition) is 0. The van der Waals surface area contributed by atoms with Crippen LogP contribution >= 0.6 is 0 Å². The van der Waals surface area contributed by atoms with Crippen molar-refractivity contribution < 1.29 is 17.3 Å². The van der Waals surface area contributed by atoms with Crippen molar-refractivity contribution in [3.63, 3.8) is 0 Å². The van der Waals surface area contributed by atoms with Crippen LogP contribution < -0.4 is 0 Å². The zero-order valence-electron chi connectivity index (χ0n) is 10.1. The van der Waals surface area contributed by atoms with E-state index in [1.807, 2.05) is 0 Å². The van der Waals surface area contributed by atoms with E-state index in [1.54, 1.807) is 18.2 Å². The lowest BCUT2D eigenvalue weighted by atomic mass is 10.4. The van der Waals surface area contributed by atoms with Crippen molar-refractivity contribution in [2.75, 3.05) is 39.5 Å². The van der Waals surface area contributed by atoms with Gasteiger partial charge in [-0.25, -0.2) is 0 Å². The molecule has 0 amide bonds. The Labute approximate surface area is 107 Å². The van der Waals surface area contributed by atoms with Crippen molar-refractivity contribution in [1.82, 2.24) is 4.90 Å². The molecular weight excluding hydrogens is 254 g/mol. The third-order valence-electron chi connectivity index (χ3n) is 2.78. The highest BCUT2D eigenvalue weighted by molar-refractivity contribution is 7.86. The van der Waals surface area contributed by atoms with Gasteiger partial charge in [-0.2, -0.15) is 8.42 Å². The highest BCUT2D eigenvalue weighted by Gasteiger charge is 2.16. The first-order valence-electron chi connectivity index (χ1n) is 5.93. The maximum Gasteiger partial charge on any atom is 0.297 e. The average Bonchev–Trinajstić information content (AvgIpc) is 2.41. The first kappa shape index (κ1) is 13.5. The van der Waals surface area contributed by atoms with Gasteiger partial charge in [0.2, 0.25) is 0 Å². The predicted octanol–water partition coefficient (Wildman–Crippen LogP) is 0.724. The summed E-state index contributed by atoms with van der Waals surface area (Å²) < 4.78 is 33.8. The average molecular weight is 271 g/mol. The second-order valence-electron chi connectivity index (χ2n) is 4.04. The van der Waals surface area contributed by atoms with Crippen LogP contribution in [0.5, 0.6) is 0 Å². The van der Waals surface area contributed by atoms with Crippen LogP contribution in [0.4, 0.5) is 0 Å². The zero-order valence-corrected chi connectivity index (χ0v) is 10.9. The van der Waals surface area contributed by atoms with E-state index in [0.717, 1.165) is 13.1 Å². The van der Waals surface area contributed by atoms with Gasteiger partial charge in [-0.1, -0.05) is 18.2 Å². The summed E-state index contributed by atoms with van der Waals surface area (Å²) in [7, 11) is -3.62. The molecule has 0 radical (unpaired) electrons. The third-order valence-corrected chi connectivity index (χ3v) is 4.11. The lowest BCUT2D eigenvalue weighted by molar-refractivity contribution is 0.0326. The molecule has 0 unspecified atom stereocenters. The molecule has 1 aromatic rings. The second-order valence-corrected chi connectivity index (χ2v) is 5.66. The molecular formula is C12H17NO4S. The maximum absolute atomic E-state index is 11.8. The third kappa shape index (κ3) is 3.78. The number of nitrogens with zero attached hydrogens (tertiary/aromatic N) is 1. The molecule has 1 aromatic carbocycles. The Hall–Kier alpha value is -0.950. The lowest BCUT2D eigenvalue weighted by Crippen LogP contribution is -2.38. The van der Waals surface area contributed by atoms with E-state index in [9.17, 15) is 8.42 Å². The van der Waals surface area contributed by atoms with E-state index in [4.69, 9.17) is 8.92 Å². The molecule has 100 valence electrons. The summed E-state index contributed by atoms with van der Waals surface area (Å²) in [5.74, 6) is 0. The predicted molar refractivity (Wildman–Crippen MR) is 66.8 cm³/mol. The van der Waals surface area contributed by atoms with Crippen LogP contribution in [0.1, 0.15) is 0 Å². The minimum Gasteiger partial charge on any atom is -0.379 e. The van der Waals surface area contributed by atoms with Crippen LogP contribution in [0.2, 0.25) is 0 Å². The molecule has 1 saturated heterocycles. The minimum atomic E-state index is -3.62. The fourth-order valence-electron chi connectivity index (χ4n) is 1.76. The molecule has 1 aliphatic heterocycles. The van der Waals surface area contributed by atoms with E-state index < -0.39 is 10.1 Å². The number of benzene rings is 1. The van der Waals surface area contributed by atoms with Gasteiger partial charge in [-0.15, -0.1) is 0 Å². The van der Waals surface area contributed by atoms with Crippen LogP contribution in [-0.4, -0.2) is 52.8 Å². The minimum absolute atomic E-state index is 0.178. The highest BCUT2D eigenvalue weighted by atomic mass is 32.2. The van der Waals surface area contributed by atoms with Gasteiger partial charge in [-0.3, -0.25) is 9.08 Å². The standard InChI is InChI=1S/C12H17NO4S/c14-18(15,12-4-2-1-3-5-12)17-11-8-13-6-9-16-10-7-13/h1-5H,6-11H2. The van der Waals surface area contributed by atoms with Crippen molar-refractivity contribution in [1.29, 1.82) is 0 Å². The van der Waals surface area contributed by atoms with Crippen LogP contribution in [0.25, 0.3) is 0 Å². The Kier molecular flexibility index (Phi) is 4.71. The molecule has 2 rings (SSSR count). The van der Waals surface area contributed by atoms with Gasteiger partial charge in [-0.05, 0) is 12.1 Å². The molecule has 0 N–H and O–H groups in total. The molecule has 0 atom stereocenters. The quantitative estimate of drug-likeness (QED) is 0.739. The van der Waals surface area contributed by atoms with Crippen LogP contribution in [-0.2, 0) is 19.0 Å². The van der Waals surface area contributed by atoms with Crippen molar-refractivity contribution in [2.24, 2.45) is 0 Å². The van der Waals surface area contributed by atoms with Crippen molar-refractivity contribution in [3.8, 4) is 0 Å². The smallest absolute Gasteiger partial charge is 0.297 e. The summed E-state index contributed by atoms with van der Waals surface area (Å²) in [5.41, 5.74) is 0. The topological polar surface area (TPSA) is 55.8 Å². The monoisotopic (exact) mass is 271 g/mol. The fraction of sp³-hybridized carbons (Fsp3) is 0.500. The summed E-state index contributed by atoms with van der Waals surface area (Å²) in [6.45, 7) is 3.84. The molecule has 18 heavy (non-hydrogen) atoms. The van der Waals surface area contributed by atoms with Gasteiger partial charge in [0.05, 0.1) is 24.7 Å². The zero-order chi connectivity index (χ0) is 12.8. The molecule has 1 heterocycles. The van der Waals surface area contributed by atoms with Crippen LogP contribution in [0.15, 0.2) is 35.2 Å². The van der Waals surface area contributed by atoms with Gasteiger partial charge in [0.1, 0.15) is 0 Å². The Bertz CT molecular complexity index is 454. The van der Waals surface area contributed by atoms with E-state index in [2.05, 4.69) is 4.90 Å². The normalized spacial score (nSPS) is 17.8. The number of hydrogen-bond acceptors (Lipinski definition) is 5. The van der Waals surface area contributed by atoms with Crippen molar-refractivity contribution in [2.45, 2.75) is 4.90 Å². The number of rotatable bonds is 5. The molecule has 0 spiro atoms. The summed E-state index contributed by atoms with van der Waals surface area (Å²) >= 11 is 0. The van der Waals surface area contributed by atoms with E-state index in [-0.39, 0.29) is 11.5 Å². The van der Waals surface area contributed by atoms with Gasteiger partial charge < -0.3 is 4.74 Å². The van der Waals surface area contributed by atoms with Gasteiger partial charge in [0, 0.05) is 19.6 Å². The Morgan fingerprint density at radius 3 is 2.50 bits per heavy atom. The lowest BCUT2D eigenvalue weighted by Gasteiger charge is -2.26. The first-order chi connectivity index (χ1) is 8.68. The highest BCUT2D eigenvalue weighted by Crippen LogP contribution is 2.11. The van der Waals surface area contributed by atoms with E-state index >= 15 is 0 Å². The molecule has 0 aromatic heterocycles. The SMILES string of the molecule is O=S(=O)(OCCN1CCOCC1)c1ccccc1. The summed E-state index contributed by atoms with van der Waals surface area (Å²) in [6.07, 6.45) is 0. The van der Waals surface area contributed by atoms with Crippen LogP contribution in [0.3, 0.4) is 0 Å². The largest absolute Gasteiger partial charge is 0.379 e. The van der Waals surface area contributed by atoms with Gasteiger partial charge in [0.25, 0.3) is 10.1 Å². The summed E-state index contributed by atoms with van der Waals surface area (Å²) in [5, 5.41) is 0. The van der Waals surface area contributed by atoms with Gasteiger partial charge >= 0.3 is 0 Å². The fourth-order valence-corrected chi connectivity index (χ4v) is 2.68. The maximum atomic E-state index is 11.8. The Balaban J connectivity index is 1.82. The number of morpholine rings is 1. The number of ether oxygens (including phenoxy) is 1.